The van der Waals surface area contributed by atoms with Crippen LogP contribution in [0.15, 0.2) is 12.2 Å². The zero-order valence-corrected chi connectivity index (χ0v) is 9.49. The minimum Gasteiger partial charge on any atom is -0.259 e. The van der Waals surface area contributed by atoms with E-state index in [1.54, 1.807) is 0 Å². The second-order valence-corrected chi connectivity index (χ2v) is 6.09. The molecule has 0 aliphatic heterocycles. The molecular weight excluding hydrogens is 180 g/mol. The summed E-state index contributed by atoms with van der Waals surface area (Å²) in [5, 5.41) is 0. The summed E-state index contributed by atoms with van der Waals surface area (Å²) in [5.41, 5.74) is 0. The van der Waals surface area contributed by atoms with Gasteiger partial charge in [0, 0.05) is 27.7 Å². The number of hydrogen-bond donors (Lipinski definition) is 0. The van der Waals surface area contributed by atoms with Crippen molar-refractivity contribution in [2.24, 2.45) is 0 Å². The zero-order valence-electron chi connectivity index (χ0n) is 8.67. The topological polar surface area (TPSA) is 17.1 Å². The molecule has 2 heteroatoms. The van der Waals surface area contributed by atoms with Crippen molar-refractivity contribution in [3.8, 4) is 12.3 Å². The Morgan fingerprint density at radius 1 is 1.38 bits per heavy atom. The normalized spacial score (nSPS) is 14.3. The van der Waals surface area contributed by atoms with Gasteiger partial charge in [0.05, 0.1) is 0 Å². The molecule has 13 heavy (non-hydrogen) atoms. The first kappa shape index (κ1) is 12.4. The van der Waals surface area contributed by atoms with Crippen LogP contribution >= 0.6 is 0 Å². The fourth-order valence-corrected chi connectivity index (χ4v) is 1.50. The fourth-order valence-electron chi connectivity index (χ4n) is 0.690. The summed E-state index contributed by atoms with van der Waals surface area (Å²) in [4.78, 5) is 0. The molecule has 0 aliphatic carbocycles. The van der Waals surface area contributed by atoms with Crippen LogP contribution in [0.5, 0.6) is 0 Å². The molecule has 0 aromatic heterocycles. The van der Waals surface area contributed by atoms with Gasteiger partial charge in [-0.15, -0.1) is 12.3 Å². The molecular formula is C11H18OS. The molecule has 0 saturated heterocycles. The quantitative estimate of drug-likeness (QED) is 0.385. The molecule has 0 bridgehead atoms. The minimum atomic E-state index is -0.781. The molecule has 0 aromatic rings. The molecule has 74 valence electrons. The monoisotopic (exact) mass is 198 g/mol. The molecule has 0 heterocycles. The van der Waals surface area contributed by atoms with Gasteiger partial charge >= 0.3 is 0 Å². The van der Waals surface area contributed by atoms with Crippen molar-refractivity contribution in [1.82, 2.24) is 0 Å². The standard InChI is InChI=1S/C11H18OS/c1-5-6-7-8-9-10-13(12)11(2,3)4/h1,8-9H,6-7,10H2,2-4H3/b9-8+. The van der Waals surface area contributed by atoms with Crippen molar-refractivity contribution in [2.45, 2.75) is 38.4 Å². The van der Waals surface area contributed by atoms with Crippen LogP contribution in [0.4, 0.5) is 0 Å². The predicted octanol–water partition coefficient (Wildman–Crippen LogP) is 2.50. The largest absolute Gasteiger partial charge is 0.259 e. The number of allylic oxidation sites excluding steroid dienone is 1. The van der Waals surface area contributed by atoms with Crippen molar-refractivity contribution < 1.29 is 4.21 Å². The van der Waals surface area contributed by atoms with Gasteiger partial charge in [-0.1, -0.05) is 12.2 Å². The molecule has 1 nitrogen and oxygen atoms in total. The highest BCUT2D eigenvalue weighted by Gasteiger charge is 2.17. The smallest absolute Gasteiger partial charge is 0.0420 e. The Kier molecular flexibility index (Phi) is 5.73. The third-order valence-corrected chi connectivity index (χ3v) is 3.41. The van der Waals surface area contributed by atoms with Gasteiger partial charge in [0.25, 0.3) is 0 Å². The SMILES string of the molecule is C#CCC/C=C/CS(=O)C(C)(C)C. The lowest BCUT2D eigenvalue weighted by atomic mass is 10.3. The predicted molar refractivity (Wildman–Crippen MR) is 60.0 cm³/mol. The second kappa shape index (κ2) is 5.99. The van der Waals surface area contributed by atoms with E-state index in [0.29, 0.717) is 5.75 Å². The van der Waals surface area contributed by atoms with Gasteiger partial charge in [-0.3, -0.25) is 4.21 Å². The summed E-state index contributed by atoms with van der Waals surface area (Å²) in [6, 6.07) is 0. The molecule has 0 N–H and O–H groups in total. The van der Waals surface area contributed by atoms with Crippen LogP contribution in [0.2, 0.25) is 0 Å². The van der Waals surface area contributed by atoms with E-state index in [1.165, 1.54) is 0 Å². The summed E-state index contributed by atoms with van der Waals surface area (Å²) in [6.07, 6.45) is 10.7. The van der Waals surface area contributed by atoms with Crippen molar-refractivity contribution in [3.05, 3.63) is 12.2 Å². The lowest BCUT2D eigenvalue weighted by Gasteiger charge is -2.15. The van der Waals surface area contributed by atoms with Crippen molar-refractivity contribution in [1.29, 1.82) is 0 Å². The number of terminal acetylenes is 1. The molecule has 0 aromatic carbocycles. The van der Waals surface area contributed by atoms with E-state index < -0.39 is 10.8 Å². The van der Waals surface area contributed by atoms with Gasteiger partial charge in [0.1, 0.15) is 0 Å². The maximum absolute atomic E-state index is 11.5. The maximum atomic E-state index is 11.5. The van der Waals surface area contributed by atoms with Crippen LogP contribution in [-0.4, -0.2) is 14.7 Å². The van der Waals surface area contributed by atoms with E-state index in [4.69, 9.17) is 6.42 Å². The van der Waals surface area contributed by atoms with Gasteiger partial charge < -0.3 is 0 Å². The van der Waals surface area contributed by atoms with Crippen LogP contribution in [0, 0.1) is 12.3 Å². The fraction of sp³-hybridized carbons (Fsp3) is 0.636. The molecule has 0 amide bonds. The molecule has 0 radical (unpaired) electrons. The Balaban J connectivity index is 3.72. The lowest BCUT2D eigenvalue weighted by Crippen LogP contribution is -2.23. The summed E-state index contributed by atoms with van der Waals surface area (Å²) < 4.78 is 11.4. The zero-order chi connectivity index (χ0) is 10.3. The number of unbranched alkanes of at least 4 members (excludes halogenated alkanes) is 1. The molecule has 0 spiro atoms. The van der Waals surface area contributed by atoms with E-state index in [2.05, 4.69) is 5.92 Å². The van der Waals surface area contributed by atoms with Crippen LogP contribution < -0.4 is 0 Å². The van der Waals surface area contributed by atoms with Crippen molar-refractivity contribution in [2.75, 3.05) is 5.75 Å². The van der Waals surface area contributed by atoms with Crippen LogP contribution in [-0.2, 0) is 10.8 Å². The molecule has 0 rings (SSSR count). The first-order valence-corrected chi connectivity index (χ1v) is 5.77. The third kappa shape index (κ3) is 6.60. The van der Waals surface area contributed by atoms with Gasteiger partial charge in [0.2, 0.25) is 0 Å². The van der Waals surface area contributed by atoms with Gasteiger partial charge in [0.15, 0.2) is 0 Å². The van der Waals surface area contributed by atoms with Crippen molar-refractivity contribution >= 4 is 10.8 Å². The molecule has 0 saturated carbocycles. The summed E-state index contributed by atoms with van der Waals surface area (Å²) in [6.45, 7) is 5.95. The van der Waals surface area contributed by atoms with Crippen LogP contribution in [0.25, 0.3) is 0 Å². The Bertz CT molecular complexity index is 227. The van der Waals surface area contributed by atoms with Crippen molar-refractivity contribution in [3.63, 3.8) is 0 Å². The molecule has 1 unspecified atom stereocenters. The maximum Gasteiger partial charge on any atom is 0.0420 e. The van der Waals surface area contributed by atoms with Crippen LogP contribution in [0.3, 0.4) is 0 Å². The summed E-state index contributed by atoms with van der Waals surface area (Å²) in [5.74, 6) is 3.19. The van der Waals surface area contributed by atoms with E-state index in [1.807, 2.05) is 32.9 Å². The van der Waals surface area contributed by atoms with Gasteiger partial charge in [-0.2, -0.15) is 0 Å². The third-order valence-electron chi connectivity index (χ3n) is 1.55. The Morgan fingerprint density at radius 3 is 2.46 bits per heavy atom. The summed E-state index contributed by atoms with van der Waals surface area (Å²) in [7, 11) is -0.781. The van der Waals surface area contributed by atoms with Crippen LogP contribution in [0.1, 0.15) is 33.6 Å². The Hall–Kier alpha value is -0.550. The average Bonchev–Trinajstić information content (AvgIpc) is 2.02. The second-order valence-electron chi connectivity index (χ2n) is 3.84. The number of rotatable bonds is 4. The number of hydrogen-bond acceptors (Lipinski definition) is 1. The minimum absolute atomic E-state index is 0.115. The highest BCUT2D eigenvalue weighted by atomic mass is 32.2. The van der Waals surface area contributed by atoms with Gasteiger partial charge in [-0.25, -0.2) is 0 Å². The first-order valence-electron chi connectivity index (χ1n) is 4.45. The average molecular weight is 198 g/mol. The van der Waals surface area contributed by atoms with E-state index >= 15 is 0 Å². The lowest BCUT2D eigenvalue weighted by molar-refractivity contribution is 0.651. The highest BCUT2D eigenvalue weighted by Crippen LogP contribution is 2.11. The Morgan fingerprint density at radius 2 is 2.00 bits per heavy atom. The first-order chi connectivity index (χ1) is 5.98. The molecule has 0 fully saturated rings. The van der Waals surface area contributed by atoms with E-state index in [0.717, 1.165) is 12.8 Å². The molecule has 1 atom stereocenters. The highest BCUT2D eigenvalue weighted by molar-refractivity contribution is 7.86. The van der Waals surface area contributed by atoms with E-state index in [-0.39, 0.29) is 4.75 Å². The van der Waals surface area contributed by atoms with Gasteiger partial charge in [-0.05, 0) is 27.2 Å². The molecule has 0 aliphatic rings. The Labute approximate surface area is 84.1 Å². The van der Waals surface area contributed by atoms with E-state index in [9.17, 15) is 4.21 Å². The summed E-state index contributed by atoms with van der Waals surface area (Å²) >= 11 is 0.